The Kier molecular flexibility index (Phi) is 2.48. The maximum Gasteiger partial charge on any atom is 0.319 e. The van der Waals surface area contributed by atoms with Gasteiger partial charge in [0.15, 0.2) is 0 Å². The smallest absolute Gasteiger partial charge is 0.319 e. The number of urea groups is 1. The average molecular weight is 155 g/mol. The number of anilines is 1. The van der Waals surface area contributed by atoms with Gasteiger partial charge in [-0.15, -0.1) is 0 Å². The molecule has 0 fully saturated rings. The molecule has 0 radical (unpaired) electrons. The van der Waals surface area contributed by atoms with Gasteiger partial charge in [-0.05, 0) is 6.92 Å². The lowest BCUT2D eigenvalue weighted by molar-refractivity contribution is 0.252. The molecule has 0 aliphatic heterocycles. The summed E-state index contributed by atoms with van der Waals surface area (Å²) in [7, 11) is 0. The summed E-state index contributed by atoms with van der Waals surface area (Å²) < 4.78 is 4.50. The fourth-order valence-electron chi connectivity index (χ4n) is 0.602. The lowest BCUT2D eigenvalue weighted by Gasteiger charge is -2.00. The molecule has 0 atom stereocenters. The standard InChI is InChI=1S/C6H9N3O2/c1-2-7-6(10)9-5-3-8-11-4-5/h3-4H,2H2,1H3,(H2,7,9,10). The van der Waals surface area contributed by atoms with Crippen molar-refractivity contribution < 1.29 is 9.32 Å². The molecule has 5 heteroatoms. The van der Waals surface area contributed by atoms with Crippen LogP contribution < -0.4 is 10.6 Å². The van der Waals surface area contributed by atoms with Crippen LogP contribution in [-0.4, -0.2) is 17.7 Å². The maximum absolute atomic E-state index is 10.8. The molecular weight excluding hydrogens is 146 g/mol. The zero-order chi connectivity index (χ0) is 8.10. The second-order valence-corrected chi connectivity index (χ2v) is 1.90. The van der Waals surface area contributed by atoms with E-state index in [1.54, 1.807) is 0 Å². The summed E-state index contributed by atoms with van der Waals surface area (Å²) in [6, 6.07) is -0.254. The van der Waals surface area contributed by atoms with Gasteiger partial charge >= 0.3 is 6.03 Å². The third-order valence-corrected chi connectivity index (χ3v) is 1.03. The van der Waals surface area contributed by atoms with Gasteiger partial charge in [-0.25, -0.2) is 4.79 Å². The van der Waals surface area contributed by atoms with Gasteiger partial charge in [0.05, 0.1) is 6.20 Å². The topological polar surface area (TPSA) is 67.2 Å². The van der Waals surface area contributed by atoms with E-state index in [9.17, 15) is 4.79 Å². The summed E-state index contributed by atoms with van der Waals surface area (Å²) in [5.41, 5.74) is 0.552. The van der Waals surface area contributed by atoms with Crippen LogP contribution in [0.4, 0.5) is 10.5 Å². The number of hydrogen-bond donors (Lipinski definition) is 2. The summed E-state index contributed by atoms with van der Waals surface area (Å²) in [6.45, 7) is 2.43. The molecule has 11 heavy (non-hydrogen) atoms. The van der Waals surface area contributed by atoms with Gasteiger partial charge in [-0.3, -0.25) is 0 Å². The highest BCUT2D eigenvalue weighted by Gasteiger charge is 1.99. The van der Waals surface area contributed by atoms with Gasteiger partial charge in [0.25, 0.3) is 0 Å². The van der Waals surface area contributed by atoms with Gasteiger partial charge < -0.3 is 15.2 Å². The van der Waals surface area contributed by atoms with Gasteiger partial charge in [0, 0.05) is 6.54 Å². The molecule has 1 rings (SSSR count). The van der Waals surface area contributed by atoms with Gasteiger partial charge in [-0.2, -0.15) is 0 Å². The molecule has 0 spiro atoms. The Balaban J connectivity index is 2.37. The fourth-order valence-corrected chi connectivity index (χ4v) is 0.602. The first kappa shape index (κ1) is 7.59. The molecule has 0 saturated heterocycles. The molecule has 5 nitrogen and oxygen atoms in total. The van der Waals surface area contributed by atoms with E-state index in [1.807, 2.05) is 6.92 Å². The number of hydrogen-bond acceptors (Lipinski definition) is 3. The Morgan fingerprint density at radius 3 is 3.18 bits per heavy atom. The molecule has 0 saturated carbocycles. The minimum Gasteiger partial charge on any atom is -0.363 e. The van der Waals surface area contributed by atoms with Crippen LogP contribution in [0.25, 0.3) is 0 Å². The number of carbonyl (C=O) groups excluding carboxylic acids is 1. The Labute approximate surface area is 63.8 Å². The molecule has 60 valence electrons. The fraction of sp³-hybridized carbons (Fsp3) is 0.333. The van der Waals surface area contributed by atoms with E-state index < -0.39 is 0 Å². The van der Waals surface area contributed by atoms with Gasteiger partial charge in [-0.1, -0.05) is 5.16 Å². The number of nitrogens with zero attached hydrogens (tertiary/aromatic N) is 1. The van der Waals surface area contributed by atoms with Crippen molar-refractivity contribution in [2.45, 2.75) is 6.92 Å². The van der Waals surface area contributed by atoms with Gasteiger partial charge in [0.2, 0.25) is 0 Å². The Morgan fingerprint density at radius 2 is 2.64 bits per heavy atom. The summed E-state index contributed by atoms with van der Waals surface area (Å²) in [5, 5.41) is 8.50. The number of aromatic nitrogens is 1. The van der Waals surface area contributed by atoms with Gasteiger partial charge in [0.1, 0.15) is 12.0 Å². The lowest BCUT2D eigenvalue weighted by Crippen LogP contribution is -2.27. The molecule has 0 aromatic carbocycles. The van der Waals surface area contributed by atoms with Crippen LogP contribution in [-0.2, 0) is 0 Å². The lowest BCUT2D eigenvalue weighted by atomic mass is 10.6. The SMILES string of the molecule is CCNC(=O)Nc1cnoc1. The Morgan fingerprint density at radius 1 is 1.82 bits per heavy atom. The molecule has 0 aliphatic rings. The highest BCUT2D eigenvalue weighted by molar-refractivity contribution is 5.88. The number of nitrogens with one attached hydrogen (secondary N) is 2. The summed E-state index contributed by atoms with van der Waals surface area (Å²) in [6.07, 6.45) is 2.78. The number of carbonyl (C=O) groups is 1. The first-order chi connectivity index (χ1) is 5.33. The number of rotatable bonds is 2. The van der Waals surface area contributed by atoms with Crippen LogP contribution in [0.1, 0.15) is 6.92 Å². The van der Waals surface area contributed by atoms with E-state index in [0.29, 0.717) is 12.2 Å². The molecule has 0 unspecified atom stereocenters. The first-order valence-corrected chi connectivity index (χ1v) is 3.27. The van der Waals surface area contributed by atoms with E-state index >= 15 is 0 Å². The van der Waals surface area contributed by atoms with Crippen molar-refractivity contribution >= 4 is 11.7 Å². The van der Waals surface area contributed by atoms with E-state index in [2.05, 4.69) is 20.3 Å². The molecule has 2 amide bonds. The van der Waals surface area contributed by atoms with Crippen molar-refractivity contribution in [1.82, 2.24) is 10.5 Å². The third-order valence-electron chi connectivity index (χ3n) is 1.03. The summed E-state index contributed by atoms with van der Waals surface area (Å²) in [4.78, 5) is 10.8. The van der Waals surface area contributed by atoms with Crippen molar-refractivity contribution in [2.75, 3.05) is 11.9 Å². The van der Waals surface area contributed by atoms with Crippen LogP contribution in [0.3, 0.4) is 0 Å². The molecule has 0 aliphatic carbocycles. The van der Waals surface area contributed by atoms with Crippen molar-refractivity contribution in [2.24, 2.45) is 0 Å². The van der Waals surface area contributed by atoms with E-state index in [1.165, 1.54) is 12.5 Å². The monoisotopic (exact) mass is 155 g/mol. The highest BCUT2D eigenvalue weighted by atomic mass is 16.5. The van der Waals surface area contributed by atoms with Crippen LogP contribution in [0.15, 0.2) is 17.0 Å². The van der Waals surface area contributed by atoms with Crippen LogP contribution in [0.5, 0.6) is 0 Å². The zero-order valence-electron chi connectivity index (χ0n) is 6.13. The van der Waals surface area contributed by atoms with E-state index in [0.717, 1.165) is 0 Å². The van der Waals surface area contributed by atoms with Crippen LogP contribution in [0.2, 0.25) is 0 Å². The normalized spacial score (nSPS) is 9.18. The summed E-state index contributed by atoms with van der Waals surface area (Å²) >= 11 is 0. The molecule has 0 bridgehead atoms. The van der Waals surface area contributed by atoms with Crippen molar-refractivity contribution in [3.63, 3.8) is 0 Å². The largest absolute Gasteiger partial charge is 0.363 e. The quantitative estimate of drug-likeness (QED) is 0.664. The molecular formula is C6H9N3O2. The Bertz CT molecular complexity index is 220. The highest BCUT2D eigenvalue weighted by Crippen LogP contribution is 2.01. The van der Waals surface area contributed by atoms with Crippen molar-refractivity contribution in [1.29, 1.82) is 0 Å². The van der Waals surface area contributed by atoms with E-state index in [4.69, 9.17) is 0 Å². The molecule has 1 aromatic rings. The maximum atomic E-state index is 10.8. The minimum atomic E-state index is -0.254. The Hall–Kier alpha value is -1.52. The molecule has 1 heterocycles. The second-order valence-electron chi connectivity index (χ2n) is 1.90. The average Bonchev–Trinajstić information content (AvgIpc) is 2.40. The van der Waals surface area contributed by atoms with Crippen molar-refractivity contribution in [3.8, 4) is 0 Å². The second kappa shape index (κ2) is 3.60. The van der Waals surface area contributed by atoms with Crippen LogP contribution >= 0.6 is 0 Å². The summed E-state index contributed by atoms with van der Waals surface area (Å²) in [5.74, 6) is 0. The van der Waals surface area contributed by atoms with E-state index in [-0.39, 0.29) is 6.03 Å². The molecule has 2 N–H and O–H groups in total. The predicted octanol–water partition coefficient (Wildman–Crippen LogP) is 0.816. The third kappa shape index (κ3) is 2.29. The predicted molar refractivity (Wildman–Crippen MR) is 39.2 cm³/mol. The van der Waals surface area contributed by atoms with Crippen LogP contribution in [0, 0.1) is 0 Å². The molecule has 1 aromatic heterocycles. The minimum absolute atomic E-state index is 0.254. The first-order valence-electron chi connectivity index (χ1n) is 3.27. The van der Waals surface area contributed by atoms with Crippen molar-refractivity contribution in [3.05, 3.63) is 12.5 Å². The zero-order valence-corrected chi connectivity index (χ0v) is 6.13. The number of amides is 2.